The van der Waals surface area contributed by atoms with Gasteiger partial charge in [-0.25, -0.2) is 4.79 Å². The molecule has 1 fully saturated rings. The van der Waals surface area contributed by atoms with Crippen LogP contribution in [-0.2, 0) is 14.3 Å². The number of carbonyl (C=O) groups is 2. The zero-order chi connectivity index (χ0) is 19.2. The van der Waals surface area contributed by atoms with Gasteiger partial charge in [0, 0.05) is 24.5 Å². The number of anilines is 2. The van der Waals surface area contributed by atoms with Crippen molar-refractivity contribution < 1.29 is 19.1 Å². The highest BCUT2D eigenvalue weighted by atomic mass is 35.5. The standard InChI is InChI=1S/C18H20ClN3O4S/c19-16-6-5-15(27-16)18(24)26-14(9-20)10-21-12-1-3-13(4-2-12)22-7-8-25-11-17(22)23/h1-6,14,21H,7-11,20H2/t14-/m0/s1. The summed E-state index contributed by atoms with van der Waals surface area (Å²) in [6.45, 7) is 1.75. The fraction of sp³-hybridized carbons (Fsp3) is 0.333. The molecule has 3 N–H and O–H groups in total. The fourth-order valence-electron chi connectivity index (χ4n) is 2.59. The number of carbonyl (C=O) groups excluding carboxylic acids is 2. The van der Waals surface area contributed by atoms with Crippen LogP contribution in [0.25, 0.3) is 0 Å². The Kier molecular flexibility index (Phi) is 6.68. The second-order valence-corrected chi connectivity index (χ2v) is 7.61. The lowest BCUT2D eigenvalue weighted by molar-refractivity contribution is -0.125. The van der Waals surface area contributed by atoms with Crippen LogP contribution in [0.1, 0.15) is 9.67 Å². The molecule has 1 atom stereocenters. The monoisotopic (exact) mass is 409 g/mol. The van der Waals surface area contributed by atoms with E-state index in [1.54, 1.807) is 17.0 Å². The normalized spacial score (nSPS) is 15.5. The average molecular weight is 410 g/mol. The Labute approximate surface area is 166 Å². The molecule has 0 bridgehead atoms. The zero-order valence-electron chi connectivity index (χ0n) is 14.5. The topological polar surface area (TPSA) is 93.9 Å². The SMILES string of the molecule is NC[C@@H](CNc1ccc(N2CCOCC2=O)cc1)OC(=O)c1ccc(Cl)s1. The first-order valence-electron chi connectivity index (χ1n) is 8.45. The molecule has 144 valence electrons. The molecule has 0 spiro atoms. The van der Waals surface area contributed by atoms with Crippen LogP contribution in [-0.4, -0.2) is 50.8 Å². The molecule has 1 aliphatic rings. The Morgan fingerprint density at radius 2 is 2.11 bits per heavy atom. The van der Waals surface area contributed by atoms with Gasteiger partial charge in [0.15, 0.2) is 0 Å². The van der Waals surface area contributed by atoms with Crippen LogP contribution in [0.15, 0.2) is 36.4 Å². The van der Waals surface area contributed by atoms with Gasteiger partial charge in [-0.05, 0) is 36.4 Å². The molecule has 1 aromatic carbocycles. The maximum atomic E-state index is 12.1. The third-order valence-corrected chi connectivity index (χ3v) is 5.22. The highest BCUT2D eigenvalue weighted by Crippen LogP contribution is 2.23. The molecule has 0 unspecified atom stereocenters. The minimum atomic E-state index is -0.473. The molecule has 1 saturated heterocycles. The number of esters is 1. The van der Waals surface area contributed by atoms with Gasteiger partial charge in [-0.15, -0.1) is 11.3 Å². The second kappa shape index (κ2) is 9.18. The van der Waals surface area contributed by atoms with Crippen LogP contribution < -0.4 is 16.0 Å². The highest BCUT2D eigenvalue weighted by molar-refractivity contribution is 7.17. The van der Waals surface area contributed by atoms with Crippen LogP contribution in [0.2, 0.25) is 4.34 Å². The molecule has 3 rings (SSSR count). The third-order valence-electron chi connectivity index (χ3n) is 4.01. The summed E-state index contributed by atoms with van der Waals surface area (Å²) in [4.78, 5) is 26.1. The van der Waals surface area contributed by atoms with Crippen LogP contribution in [0.4, 0.5) is 11.4 Å². The first-order chi connectivity index (χ1) is 13.1. The first kappa shape index (κ1) is 19.6. The van der Waals surface area contributed by atoms with E-state index < -0.39 is 12.1 Å². The van der Waals surface area contributed by atoms with Crippen LogP contribution in [0, 0.1) is 0 Å². The average Bonchev–Trinajstić information content (AvgIpc) is 3.12. The molecule has 2 aromatic rings. The van der Waals surface area contributed by atoms with Crippen molar-refractivity contribution in [1.29, 1.82) is 0 Å². The van der Waals surface area contributed by atoms with Crippen molar-refractivity contribution in [3.05, 3.63) is 45.6 Å². The minimum absolute atomic E-state index is 0.0502. The van der Waals surface area contributed by atoms with Crippen molar-refractivity contribution in [2.75, 3.05) is 43.1 Å². The van der Waals surface area contributed by atoms with Crippen molar-refractivity contribution in [3.8, 4) is 0 Å². The van der Waals surface area contributed by atoms with Gasteiger partial charge in [0.25, 0.3) is 5.91 Å². The fourth-order valence-corrected chi connectivity index (χ4v) is 3.51. The third kappa shape index (κ3) is 5.20. The van der Waals surface area contributed by atoms with Gasteiger partial charge in [-0.1, -0.05) is 11.6 Å². The summed E-state index contributed by atoms with van der Waals surface area (Å²) >= 11 is 7.00. The van der Waals surface area contributed by atoms with E-state index in [9.17, 15) is 9.59 Å². The lowest BCUT2D eigenvalue weighted by atomic mass is 10.2. The first-order valence-corrected chi connectivity index (χ1v) is 9.64. The van der Waals surface area contributed by atoms with E-state index in [1.165, 1.54) is 11.3 Å². The molecule has 1 amide bonds. The molecule has 27 heavy (non-hydrogen) atoms. The molecule has 1 aromatic heterocycles. The zero-order valence-corrected chi connectivity index (χ0v) is 16.1. The number of benzene rings is 1. The quantitative estimate of drug-likeness (QED) is 0.682. The maximum Gasteiger partial charge on any atom is 0.348 e. The smallest absolute Gasteiger partial charge is 0.348 e. The number of rotatable bonds is 7. The molecule has 0 saturated carbocycles. The number of morpholine rings is 1. The number of halogens is 1. The molecule has 2 heterocycles. The summed E-state index contributed by atoms with van der Waals surface area (Å²) in [7, 11) is 0. The largest absolute Gasteiger partial charge is 0.455 e. The number of amides is 1. The number of ether oxygens (including phenoxy) is 2. The maximum absolute atomic E-state index is 12.1. The Balaban J connectivity index is 1.53. The summed E-state index contributed by atoms with van der Waals surface area (Å²) in [5.41, 5.74) is 7.37. The number of nitrogens with two attached hydrogens (primary N) is 1. The number of nitrogens with one attached hydrogen (secondary N) is 1. The van der Waals surface area contributed by atoms with Gasteiger partial charge in [-0.2, -0.15) is 0 Å². The van der Waals surface area contributed by atoms with Gasteiger partial charge in [0.1, 0.15) is 17.6 Å². The van der Waals surface area contributed by atoms with E-state index in [0.29, 0.717) is 28.9 Å². The summed E-state index contributed by atoms with van der Waals surface area (Å²) < 4.78 is 11.1. The van der Waals surface area contributed by atoms with Crippen molar-refractivity contribution in [2.45, 2.75) is 6.10 Å². The number of hydrogen-bond donors (Lipinski definition) is 2. The van der Waals surface area contributed by atoms with Crippen LogP contribution >= 0.6 is 22.9 Å². The van der Waals surface area contributed by atoms with E-state index in [2.05, 4.69) is 5.32 Å². The molecule has 1 aliphatic heterocycles. The predicted molar refractivity (Wildman–Crippen MR) is 106 cm³/mol. The second-order valence-electron chi connectivity index (χ2n) is 5.89. The molecule has 0 radical (unpaired) electrons. The highest BCUT2D eigenvalue weighted by Gasteiger charge is 2.20. The van der Waals surface area contributed by atoms with Gasteiger partial charge < -0.3 is 25.4 Å². The van der Waals surface area contributed by atoms with Crippen molar-refractivity contribution >= 4 is 46.2 Å². The summed E-state index contributed by atoms with van der Waals surface area (Å²) in [5.74, 6) is -0.490. The molecule has 9 heteroatoms. The van der Waals surface area contributed by atoms with E-state index in [1.807, 2.05) is 24.3 Å². The molecular formula is C18H20ClN3O4S. The van der Waals surface area contributed by atoms with E-state index in [0.717, 1.165) is 11.4 Å². The molecule has 0 aliphatic carbocycles. The number of thiophene rings is 1. The van der Waals surface area contributed by atoms with E-state index in [4.69, 9.17) is 26.8 Å². The predicted octanol–water partition coefficient (Wildman–Crippen LogP) is 2.36. The molecular weight excluding hydrogens is 390 g/mol. The Morgan fingerprint density at radius 1 is 1.33 bits per heavy atom. The number of nitrogens with zero attached hydrogens (tertiary/aromatic N) is 1. The van der Waals surface area contributed by atoms with Crippen LogP contribution in [0.3, 0.4) is 0 Å². The van der Waals surface area contributed by atoms with Crippen molar-refractivity contribution in [3.63, 3.8) is 0 Å². The van der Waals surface area contributed by atoms with Gasteiger partial charge in [0.05, 0.1) is 17.5 Å². The summed E-state index contributed by atoms with van der Waals surface area (Å²) in [5, 5.41) is 3.19. The summed E-state index contributed by atoms with van der Waals surface area (Å²) in [6, 6.07) is 10.7. The minimum Gasteiger partial charge on any atom is -0.455 e. The lowest BCUT2D eigenvalue weighted by Gasteiger charge is -2.27. The summed E-state index contributed by atoms with van der Waals surface area (Å²) in [6.07, 6.45) is -0.473. The van der Waals surface area contributed by atoms with Crippen molar-refractivity contribution in [1.82, 2.24) is 0 Å². The van der Waals surface area contributed by atoms with Crippen molar-refractivity contribution in [2.24, 2.45) is 5.73 Å². The van der Waals surface area contributed by atoms with E-state index >= 15 is 0 Å². The van der Waals surface area contributed by atoms with E-state index in [-0.39, 0.29) is 19.1 Å². The van der Waals surface area contributed by atoms with Crippen LogP contribution in [0.5, 0.6) is 0 Å². The van der Waals surface area contributed by atoms with Gasteiger partial charge >= 0.3 is 5.97 Å². The Bertz CT molecular complexity index is 796. The Morgan fingerprint density at radius 3 is 2.74 bits per heavy atom. The number of hydrogen-bond acceptors (Lipinski definition) is 7. The molecule has 7 nitrogen and oxygen atoms in total. The lowest BCUT2D eigenvalue weighted by Crippen LogP contribution is -2.41. The van der Waals surface area contributed by atoms with Gasteiger partial charge in [-0.3, -0.25) is 4.79 Å². The van der Waals surface area contributed by atoms with Gasteiger partial charge in [0.2, 0.25) is 0 Å². The Hall–Kier alpha value is -2.13.